The van der Waals surface area contributed by atoms with Gasteiger partial charge in [0.25, 0.3) is 5.91 Å². The number of carbonyl (C=O) groups is 1. The molecule has 2 rings (SSSR count). The number of rotatable bonds is 4. The normalized spacial score (nSPS) is 17.4. The number of nitrogens with one attached hydrogen (secondary N) is 1. The van der Waals surface area contributed by atoms with Gasteiger partial charge >= 0.3 is 0 Å². The zero-order chi connectivity index (χ0) is 13.8. The minimum Gasteiger partial charge on any atom is -0.396 e. The van der Waals surface area contributed by atoms with Crippen LogP contribution in [-0.4, -0.2) is 36.5 Å². The Balaban J connectivity index is 1.90. The highest BCUT2D eigenvalue weighted by molar-refractivity contribution is 5.94. The Labute approximate surface area is 112 Å². The summed E-state index contributed by atoms with van der Waals surface area (Å²) in [6, 6.07) is 4.17. The van der Waals surface area contributed by atoms with Crippen molar-refractivity contribution in [2.75, 3.05) is 25.4 Å². The molecular weight excluding hydrogens is 245 g/mol. The van der Waals surface area contributed by atoms with E-state index in [1.807, 2.05) is 6.92 Å². The van der Waals surface area contributed by atoms with E-state index in [1.54, 1.807) is 0 Å². The van der Waals surface area contributed by atoms with Crippen LogP contribution in [0.4, 0.5) is 10.1 Å². The number of amides is 1. The lowest BCUT2D eigenvalue weighted by molar-refractivity contribution is 0.0931. The average Bonchev–Trinajstić information content (AvgIpc) is 2.85. The van der Waals surface area contributed by atoms with Crippen molar-refractivity contribution in [3.05, 3.63) is 29.6 Å². The number of likely N-dealkylation sites (tertiary alicyclic amines) is 1. The second kappa shape index (κ2) is 6.02. The molecule has 1 saturated heterocycles. The van der Waals surface area contributed by atoms with E-state index in [2.05, 4.69) is 10.2 Å². The van der Waals surface area contributed by atoms with Crippen LogP contribution in [0, 0.1) is 5.82 Å². The van der Waals surface area contributed by atoms with Crippen LogP contribution in [0.5, 0.6) is 0 Å². The van der Waals surface area contributed by atoms with Gasteiger partial charge in [-0.3, -0.25) is 4.79 Å². The van der Waals surface area contributed by atoms with Crippen LogP contribution in [0.1, 0.15) is 30.1 Å². The predicted octanol–water partition coefficient (Wildman–Crippen LogP) is 1.62. The van der Waals surface area contributed by atoms with E-state index < -0.39 is 5.82 Å². The quantitative estimate of drug-likeness (QED) is 0.813. The first kappa shape index (κ1) is 13.8. The molecule has 0 bridgehead atoms. The van der Waals surface area contributed by atoms with E-state index in [4.69, 9.17) is 5.73 Å². The summed E-state index contributed by atoms with van der Waals surface area (Å²) in [6.45, 7) is 4.99. The minimum atomic E-state index is -0.556. The predicted molar refractivity (Wildman–Crippen MR) is 73.4 cm³/mol. The summed E-state index contributed by atoms with van der Waals surface area (Å²) >= 11 is 0. The lowest BCUT2D eigenvalue weighted by atomic mass is 10.1. The van der Waals surface area contributed by atoms with Gasteiger partial charge in [0.1, 0.15) is 5.82 Å². The first-order valence-electron chi connectivity index (χ1n) is 6.64. The van der Waals surface area contributed by atoms with Gasteiger partial charge in [-0.05, 0) is 51.1 Å². The molecule has 4 nitrogen and oxygen atoms in total. The van der Waals surface area contributed by atoms with Crippen LogP contribution in [-0.2, 0) is 0 Å². The largest absolute Gasteiger partial charge is 0.396 e. The molecule has 1 aliphatic rings. The molecule has 1 aromatic rings. The third-order valence-electron chi connectivity index (χ3n) is 3.37. The van der Waals surface area contributed by atoms with Crippen LogP contribution in [0.3, 0.4) is 0 Å². The summed E-state index contributed by atoms with van der Waals surface area (Å²) in [5.74, 6) is -0.814. The lowest BCUT2D eigenvalue weighted by Gasteiger charge is -2.21. The summed E-state index contributed by atoms with van der Waals surface area (Å²) in [5, 5.41) is 2.88. The van der Waals surface area contributed by atoms with Crippen LogP contribution in [0.2, 0.25) is 0 Å². The number of hydrogen-bond donors (Lipinski definition) is 2. The molecule has 0 spiro atoms. The van der Waals surface area contributed by atoms with Crippen LogP contribution < -0.4 is 11.1 Å². The van der Waals surface area contributed by atoms with Crippen molar-refractivity contribution in [3.8, 4) is 0 Å². The molecule has 0 aliphatic carbocycles. The maximum Gasteiger partial charge on any atom is 0.251 e. The molecule has 0 radical (unpaired) electrons. The molecule has 1 aliphatic heterocycles. The van der Waals surface area contributed by atoms with Crippen molar-refractivity contribution in [3.63, 3.8) is 0 Å². The number of anilines is 1. The third kappa shape index (κ3) is 3.67. The molecule has 0 aromatic heterocycles. The Morgan fingerprint density at radius 1 is 1.47 bits per heavy atom. The Kier molecular flexibility index (Phi) is 4.37. The third-order valence-corrected chi connectivity index (χ3v) is 3.37. The second-order valence-corrected chi connectivity index (χ2v) is 5.12. The van der Waals surface area contributed by atoms with Gasteiger partial charge in [-0.1, -0.05) is 0 Å². The van der Waals surface area contributed by atoms with E-state index in [-0.39, 0.29) is 17.6 Å². The smallest absolute Gasteiger partial charge is 0.251 e. The van der Waals surface area contributed by atoms with Crippen molar-refractivity contribution in [1.29, 1.82) is 0 Å². The molecule has 1 unspecified atom stereocenters. The van der Waals surface area contributed by atoms with Gasteiger partial charge in [0.05, 0.1) is 5.69 Å². The first-order chi connectivity index (χ1) is 9.06. The topological polar surface area (TPSA) is 58.4 Å². The molecule has 1 fully saturated rings. The summed E-state index contributed by atoms with van der Waals surface area (Å²) in [4.78, 5) is 14.3. The summed E-state index contributed by atoms with van der Waals surface area (Å²) in [7, 11) is 0. The zero-order valence-electron chi connectivity index (χ0n) is 11.2. The van der Waals surface area contributed by atoms with Crippen molar-refractivity contribution < 1.29 is 9.18 Å². The summed E-state index contributed by atoms with van der Waals surface area (Å²) in [6.07, 6.45) is 2.45. The first-order valence-corrected chi connectivity index (χ1v) is 6.64. The Bertz CT molecular complexity index is 458. The molecule has 1 amide bonds. The van der Waals surface area contributed by atoms with Gasteiger partial charge in [0.2, 0.25) is 0 Å². The molecule has 1 aromatic carbocycles. The minimum absolute atomic E-state index is 0.0474. The Hall–Kier alpha value is -1.62. The van der Waals surface area contributed by atoms with Gasteiger partial charge in [-0.25, -0.2) is 4.39 Å². The molecular formula is C14H20FN3O. The zero-order valence-corrected chi connectivity index (χ0v) is 11.2. The molecule has 3 N–H and O–H groups in total. The molecule has 0 saturated carbocycles. The van der Waals surface area contributed by atoms with Crippen LogP contribution in [0.15, 0.2) is 18.2 Å². The van der Waals surface area contributed by atoms with E-state index in [0.717, 1.165) is 19.6 Å². The summed E-state index contributed by atoms with van der Waals surface area (Å²) in [5.41, 5.74) is 5.75. The van der Waals surface area contributed by atoms with E-state index in [1.165, 1.54) is 31.0 Å². The summed E-state index contributed by atoms with van der Waals surface area (Å²) < 4.78 is 13.3. The highest BCUT2D eigenvalue weighted by atomic mass is 19.1. The average molecular weight is 265 g/mol. The fourth-order valence-corrected chi connectivity index (χ4v) is 2.37. The molecule has 5 heteroatoms. The van der Waals surface area contributed by atoms with Gasteiger partial charge in [0.15, 0.2) is 0 Å². The number of halogens is 1. The van der Waals surface area contributed by atoms with Crippen LogP contribution >= 0.6 is 0 Å². The SMILES string of the molecule is CC(CN1CCCC1)NC(=O)c1ccc(N)c(F)c1. The maximum atomic E-state index is 13.3. The van der Waals surface area contributed by atoms with Crippen molar-refractivity contribution >= 4 is 11.6 Å². The van der Waals surface area contributed by atoms with E-state index in [9.17, 15) is 9.18 Å². The molecule has 19 heavy (non-hydrogen) atoms. The Morgan fingerprint density at radius 3 is 2.79 bits per heavy atom. The molecule has 1 atom stereocenters. The Morgan fingerprint density at radius 2 is 2.16 bits per heavy atom. The van der Waals surface area contributed by atoms with Gasteiger partial charge in [0, 0.05) is 18.2 Å². The van der Waals surface area contributed by atoms with Crippen molar-refractivity contribution in [1.82, 2.24) is 10.2 Å². The van der Waals surface area contributed by atoms with Crippen molar-refractivity contribution in [2.24, 2.45) is 0 Å². The lowest BCUT2D eigenvalue weighted by Crippen LogP contribution is -2.41. The maximum absolute atomic E-state index is 13.3. The fraction of sp³-hybridized carbons (Fsp3) is 0.500. The monoisotopic (exact) mass is 265 g/mol. The van der Waals surface area contributed by atoms with Crippen molar-refractivity contribution in [2.45, 2.75) is 25.8 Å². The van der Waals surface area contributed by atoms with Gasteiger partial charge in [-0.2, -0.15) is 0 Å². The second-order valence-electron chi connectivity index (χ2n) is 5.12. The van der Waals surface area contributed by atoms with Gasteiger partial charge in [-0.15, -0.1) is 0 Å². The standard InChI is InChI=1S/C14H20FN3O/c1-10(9-18-6-2-3-7-18)17-14(19)11-4-5-13(16)12(15)8-11/h4-5,8,10H,2-3,6-7,9,16H2,1H3,(H,17,19). The van der Waals surface area contributed by atoms with E-state index >= 15 is 0 Å². The molecule has 1 heterocycles. The number of nitrogens with two attached hydrogens (primary N) is 1. The number of carbonyl (C=O) groups excluding carboxylic acids is 1. The number of hydrogen-bond acceptors (Lipinski definition) is 3. The highest BCUT2D eigenvalue weighted by Gasteiger charge is 2.17. The van der Waals surface area contributed by atoms with E-state index in [0.29, 0.717) is 5.56 Å². The van der Waals surface area contributed by atoms with Gasteiger partial charge < -0.3 is 16.0 Å². The highest BCUT2D eigenvalue weighted by Crippen LogP contribution is 2.12. The fourth-order valence-electron chi connectivity index (χ4n) is 2.37. The number of nitrogens with zero attached hydrogens (tertiary/aromatic N) is 1. The molecule has 104 valence electrons. The van der Waals surface area contributed by atoms with Crippen LogP contribution in [0.25, 0.3) is 0 Å². The number of nitrogen functional groups attached to an aromatic ring is 1. The number of benzene rings is 1.